The van der Waals surface area contributed by atoms with Gasteiger partial charge >= 0.3 is 0 Å². The summed E-state index contributed by atoms with van der Waals surface area (Å²) in [5, 5.41) is 0. The van der Waals surface area contributed by atoms with Gasteiger partial charge in [-0.15, -0.1) is 0 Å². The molecule has 0 spiro atoms. The van der Waals surface area contributed by atoms with Crippen molar-refractivity contribution >= 4 is 32.7 Å². The highest BCUT2D eigenvalue weighted by Crippen LogP contribution is 2.12. The standard InChI is InChI=1S/C17H27IO7S/c1-16-2-4-17(5-3-16)26(19,20)25-15-14-24-13-12-23-11-10-22-9-8-21-7-6-18/h2-5H,6-15H2,1H3. The molecule has 0 aliphatic rings. The van der Waals surface area contributed by atoms with Gasteiger partial charge in [-0.2, -0.15) is 8.42 Å². The van der Waals surface area contributed by atoms with Gasteiger partial charge in [-0.25, -0.2) is 0 Å². The molecule has 0 saturated heterocycles. The molecule has 9 heteroatoms. The molecule has 0 heterocycles. The Bertz CT molecular complexity index is 563. The van der Waals surface area contributed by atoms with Crippen molar-refractivity contribution in [1.82, 2.24) is 0 Å². The van der Waals surface area contributed by atoms with E-state index in [4.69, 9.17) is 23.1 Å². The molecule has 7 nitrogen and oxygen atoms in total. The molecule has 0 saturated carbocycles. The van der Waals surface area contributed by atoms with E-state index in [-0.39, 0.29) is 18.1 Å². The molecule has 0 atom stereocenters. The minimum absolute atomic E-state index is 0.0312. The van der Waals surface area contributed by atoms with Crippen molar-refractivity contribution in [3.63, 3.8) is 0 Å². The summed E-state index contributed by atoms with van der Waals surface area (Å²) in [7, 11) is -3.73. The minimum atomic E-state index is -3.73. The van der Waals surface area contributed by atoms with Crippen molar-refractivity contribution in [1.29, 1.82) is 0 Å². The molecule has 0 N–H and O–H groups in total. The van der Waals surface area contributed by atoms with Crippen LogP contribution in [0.4, 0.5) is 0 Å². The minimum Gasteiger partial charge on any atom is -0.378 e. The number of aryl methyl sites for hydroxylation is 1. The van der Waals surface area contributed by atoms with Crippen LogP contribution in [0.1, 0.15) is 5.56 Å². The summed E-state index contributed by atoms with van der Waals surface area (Å²) in [6.45, 7) is 5.71. The maximum Gasteiger partial charge on any atom is 0.297 e. The molecule has 0 aliphatic heterocycles. The fourth-order valence-electron chi connectivity index (χ4n) is 1.79. The van der Waals surface area contributed by atoms with Crippen LogP contribution in [-0.4, -0.2) is 72.3 Å². The smallest absolute Gasteiger partial charge is 0.297 e. The number of alkyl halides is 1. The van der Waals surface area contributed by atoms with Gasteiger partial charge in [0.2, 0.25) is 0 Å². The first-order chi connectivity index (χ1) is 12.6. The average Bonchev–Trinajstić information content (AvgIpc) is 2.62. The van der Waals surface area contributed by atoms with Crippen molar-refractivity contribution in [3.8, 4) is 0 Å². The molecule has 150 valence electrons. The highest BCUT2D eigenvalue weighted by molar-refractivity contribution is 14.1. The molecule has 1 aromatic carbocycles. The van der Waals surface area contributed by atoms with Gasteiger partial charge in [0, 0.05) is 4.43 Å². The summed E-state index contributed by atoms with van der Waals surface area (Å²) in [5.74, 6) is 0. The Balaban J connectivity index is 1.94. The van der Waals surface area contributed by atoms with Crippen molar-refractivity contribution in [2.45, 2.75) is 11.8 Å². The molecule has 0 amide bonds. The third-order valence-electron chi connectivity index (χ3n) is 3.11. The Morgan fingerprint density at radius 3 is 1.62 bits per heavy atom. The SMILES string of the molecule is Cc1ccc(S(=O)(=O)OCCOCCOCCOCCOCCI)cc1. The maximum atomic E-state index is 11.9. The Kier molecular flexibility index (Phi) is 13.4. The topological polar surface area (TPSA) is 80.3 Å². The van der Waals surface area contributed by atoms with Crippen molar-refractivity contribution in [3.05, 3.63) is 29.8 Å². The molecule has 0 radical (unpaired) electrons. The van der Waals surface area contributed by atoms with Crippen LogP contribution in [0.15, 0.2) is 29.2 Å². The van der Waals surface area contributed by atoms with Gasteiger partial charge in [0.1, 0.15) is 0 Å². The van der Waals surface area contributed by atoms with E-state index in [9.17, 15) is 8.42 Å². The first-order valence-corrected chi connectivity index (χ1v) is 11.3. The zero-order valence-corrected chi connectivity index (χ0v) is 18.0. The summed E-state index contributed by atoms with van der Waals surface area (Å²) in [5.41, 5.74) is 0.988. The van der Waals surface area contributed by atoms with Crippen molar-refractivity contribution in [2.24, 2.45) is 0 Å². The van der Waals surface area contributed by atoms with E-state index in [0.29, 0.717) is 39.6 Å². The van der Waals surface area contributed by atoms with E-state index in [1.165, 1.54) is 12.1 Å². The molecular formula is C17H27IO7S. The van der Waals surface area contributed by atoms with Gasteiger partial charge in [-0.05, 0) is 19.1 Å². The summed E-state index contributed by atoms with van der Waals surface area (Å²) in [6.07, 6.45) is 0. The van der Waals surface area contributed by atoms with Crippen LogP contribution in [0, 0.1) is 6.92 Å². The number of ether oxygens (including phenoxy) is 4. The van der Waals surface area contributed by atoms with Gasteiger partial charge in [0.05, 0.1) is 64.4 Å². The lowest BCUT2D eigenvalue weighted by molar-refractivity contribution is -0.00287. The van der Waals surface area contributed by atoms with E-state index in [2.05, 4.69) is 22.6 Å². The van der Waals surface area contributed by atoms with E-state index in [0.717, 1.165) is 16.6 Å². The first kappa shape index (κ1) is 23.7. The molecule has 1 aromatic rings. The Labute approximate surface area is 169 Å². The van der Waals surface area contributed by atoms with Gasteiger partial charge in [0.15, 0.2) is 0 Å². The van der Waals surface area contributed by atoms with Gasteiger partial charge in [0.25, 0.3) is 10.1 Å². The fraction of sp³-hybridized carbons (Fsp3) is 0.647. The molecule has 0 unspecified atom stereocenters. The van der Waals surface area contributed by atoms with Crippen LogP contribution in [-0.2, 0) is 33.2 Å². The number of benzene rings is 1. The molecule has 0 aliphatic carbocycles. The average molecular weight is 502 g/mol. The number of hydrogen-bond acceptors (Lipinski definition) is 7. The molecule has 0 aromatic heterocycles. The van der Waals surface area contributed by atoms with Crippen LogP contribution in [0.25, 0.3) is 0 Å². The lowest BCUT2D eigenvalue weighted by Gasteiger charge is -2.08. The van der Waals surface area contributed by atoms with Crippen LogP contribution in [0.3, 0.4) is 0 Å². The van der Waals surface area contributed by atoms with Gasteiger partial charge in [-0.1, -0.05) is 40.3 Å². The Morgan fingerprint density at radius 1 is 0.731 bits per heavy atom. The van der Waals surface area contributed by atoms with Crippen LogP contribution in [0.5, 0.6) is 0 Å². The summed E-state index contributed by atoms with van der Waals surface area (Å²) in [4.78, 5) is 0.145. The number of rotatable bonds is 16. The third-order valence-corrected chi connectivity index (χ3v) is 4.88. The predicted octanol–water partition coefficient (Wildman–Crippen LogP) is 2.20. The summed E-state index contributed by atoms with van der Waals surface area (Å²) in [6, 6.07) is 6.51. The summed E-state index contributed by atoms with van der Waals surface area (Å²) < 4.78 is 51.0. The monoisotopic (exact) mass is 502 g/mol. The van der Waals surface area contributed by atoms with Crippen LogP contribution in [0.2, 0.25) is 0 Å². The van der Waals surface area contributed by atoms with E-state index < -0.39 is 10.1 Å². The second-order valence-electron chi connectivity index (χ2n) is 5.23. The van der Waals surface area contributed by atoms with Gasteiger partial charge < -0.3 is 18.9 Å². The molecule has 26 heavy (non-hydrogen) atoms. The first-order valence-electron chi connectivity index (χ1n) is 8.39. The third kappa shape index (κ3) is 11.4. The lowest BCUT2D eigenvalue weighted by Crippen LogP contribution is -2.15. The fourth-order valence-corrected chi connectivity index (χ4v) is 3.00. The number of halogens is 1. The van der Waals surface area contributed by atoms with Crippen LogP contribution < -0.4 is 0 Å². The maximum absolute atomic E-state index is 11.9. The molecule has 1 rings (SSSR count). The largest absolute Gasteiger partial charge is 0.378 e. The van der Waals surface area contributed by atoms with Crippen molar-refractivity contribution < 1.29 is 31.5 Å². The highest BCUT2D eigenvalue weighted by Gasteiger charge is 2.14. The van der Waals surface area contributed by atoms with E-state index >= 15 is 0 Å². The molecular weight excluding hydrogens is 475 g/mol. The second kappa shape index (κ2) is 14.7. The molecule has 0 fully saturated rings. The zero-order chi connectivity index (χ0) is 19.1. The second-order valence-corrected chi connectivity index (χ2v) is 7.92. The van der Waals surface area contributed by atoms with E-state index in [1.54, 1.807) is 12.1 Å². The Hall–Kier alpha value is -0.300. The Morgan fingerprint density at radius 2 is 1.15 bits per heavy atom. The van der Waals surface area contributed by atoms with Gasteiger partial charge in [-0.3, -0.25) is 4.18 Å². The molecule has 0 bridgehead atoms. The van der Waals surface area contributed by atoms with Crippen molar-refractivity contribution in [2.75, 3.05) is 63.9 Å². The predicted molar refractivity (Wildman–Crippen MR) is 106 cm³/mol. The summed E-state index contributed by atoms with van der Waals surface area (Å²) >= 11 is 2.25. The number of hydrogen-bond donors (Lipinski definition) is 0. The normalized spacial score (nSPS) is 11.8. The zero-order valence-electron chi connectivity index (χ0n) is 15.0. The van der Waals surface area contributed by atoms with Crippen LogP contribution >= 0.6 is 22.6 Å². The highest BCUT2D eigenvalue weighted by atomic mass is 127. The lowest BCUT2D eigenvalue weighted by atomic mass is 10.2. The quantitative estimate of drug-likeness (QED) is 0.148. The van der Waals surface area contributed by atoms with E-state index in [1.807, 2.05) is 6.92 Å².